The summed E-state index contributed by atoms with van der Waals surface area (Å²) in [6, 6.07) is -0.362. The van der Waals surface area contributed by atoms with E-state index in [-0.39, 0.29) is 18.2 Å². The van der Waals surface area contributed by atoms with Crippen molar-refractivity contribution < 1.29 is 28.9 Å². The molecule has 7 nitrogen and oxygen atoms in total. The van der Waals surface area contributed by atoms with Crippen molar-refractivity contribution in [2.75, 3.05) is 13.7 Å². The van der Waals surface area contributed by atoms with E-state index in [1.165, 1.54) is 7.11 Å². The first kappa shape index (κ1) is 12.3. The van der Waals surface area contributed by atoms with Gasteiger partial charge in [0.25, 0.3) is 0 Å². The first-order chi connectivity index (χ1) is 8.43. The summed E-state index contributed by atoms with van der Waals surface area (Å²) in [6.07, 6.45) is -1.62. The van der Waals surface area contributed by atoms with Gasteiger partial charge in [-0.25, -0.2) is 0 Å². The van der Waals surface area contributed by atoms with Crippen LogP contribution >= 0.6 is 0 Å². The Kier molecular flexibility index (Phi) is 2.65. The summed E-state index contributed by atoms with van der Waals surface area (Å²) < 4.78 is 16.2. The fourth-order valence-corrected chi connectivity index (χ4v) is 3.02. The molecule has 0 aromatic heterocycles. The molecule has 0 aliphatic carbocycles. The minimum Gasteiger partial charge on any atom is -0.469 e. The molecular weight excluding hydrogens is 242 g/mol. The number of esters is 1. The number of fused-ring (bicyclic) bond motifs is 3. The molecule has 3 heterocycles. The van der Waals surface area contributed by atoms with Crippen molar-refractivity contribution in [3.63, 3.8) is 0 Å². The molecular formula is C11H17NO6. The Balaban J connectivity index is 1.85. The first-order valence-electron chi connectivity index (χ1n) is 5.98. The number of carbonyl (C=O) groups excluding carboxylic acids is 1. The molecule has 0 unspecified atom stereocenters. The van der Waals surface area contributed by atoms with E-state index < -0.39 is 24.0 Å². The summed E-state index contributed by atoms with van der Waals surface area (Å²) in [4.78, 5) is 17.0. The number of hydrogen-bond donors (Lipinski definition) is 1. The lowest BCUT2D eigenvalue weighted by Crippen LogP contribution is -2.42. The molecule has 1 N–H and O–H groups in total. The first-order valence-corrected chi connectivity index (χ1v) is 5.98. The van der Waals surface area contributed by atoms with Crippen molar-refractivity contribution in [1.29, 1.82) is 0 Å². The van der Waals surface area contributed by atoms with Gasteiger partial charge in [-0.05, 0) is 13.8 Å². The zero-order chi connectivity index (χ0) is 13.1. The Bertz CT molecular complexity index is 373. The number of ether oxygens (including phenoxy) is 3. The average molecular weight is 259 g/mol. The number of carbonyl (C=O) groups is 1. The van der Waals surface area contributed by atoms with E-state index in [1.807, 2.05) is 13.8 Å². The van der Waals surface area contributed by atoms with Crippen LogP contribution < -0.4 is 0 Å². The Hall–Kier alpha value is -0.730. The van der Waals surface area contributed by atoms with Gasteiger partial charge in [0.1, 0.15) is 18.1 Å². The fourth-order valence-electron chi connectivity index (χ4n) is 3.02. The smallest absolute Gasteiger partial charge is 0.315 e. The number of hydrogen-bond acceptors (Lipinski definition) is 7. The topological polar surface area (TPSA) is 77.5 Å². The molecule has 18 heavy (non-hydrogen) atoms. The molecule has 3 fully saturated rings. The third-order valence-corrected chi connectivity index (χ3v) is 3.64. The zero-order valence-corrected chi connectivity index (χ0v) is 10.5. The summed E-state index contributed by atoms with van der Waals surface area (Å²) in [5, 5.41) is 11.4. The number of aliphatic hydroxyl groups excluding tert-OH is 1. The Morgan fingerprint density at radius 2 is 2.17 bits per heavy atom. The van der Waals surface area contributed by atoms with Crippen LogP contribution in [0.5, 0.6) is 0 Å². The summed E-state index contributed by atoms with van der Waals surface area (Å²) >= 11 is 0. The number of nitrogens with zero attached hydrogens (tertiary/aromatic N) is 1. The second kappa shape index (κ2) is 3.88. The van der Waals surface area contributed by atoms with E-state index in [0.29, 0.717) is 6.54 Å². The van der Waals surface area contributed by atoms with Gasteiger partial charge >= 0.3 is 5.97 Å². The third-order valence-electron chi connectivity index (χ3n) is 3.64. The Morgan fingerprint density at radius 3 is 2.83 bits per heavy atom. The van der Waals surface area contributed by atoms with Gasteiger partial charge in [0.05, 0.1) is 19.7 Å². The molecule has 3 aliphatic heterocycles. The molecule has 5 atom stereocenters. The summed E-state index contributed by atoms with van der Waals surface area (Å²) in [6.45, 7) is 4.13. The van der Waals surface area contributed by atoms with E-state index in [1.54, 1.807) is 5.06 Å². The molecule has 0 amide bonds. The predicted octanol–water partition coefficient (Wildman–Crippen LogP) is -0.756. The predicted molar refractivity (Wildman–Crippen MR) is 56.9 cm³/mol. The molecule has 0 saturated carbocycles. The van der Waals surface area contributed by atoms with E-state index in [2.05, 4.69) is 0 Å². The SMILES string of the molecule is COC(=O)[C@@H]1[C@H]2[C@@H]3OC(C)(C)O[C@H]3CN2O[C@H]1O. The van der Waals surface area contributed by atoms with Crippen molar-refractivity contribution in [1.82, 2.24) is 5.06 Å². The zero-order valence-electron chi connectivity index (χ0n) is 10.5. The molecule has 102 valence electrons. The minimum atomic E-state index is -1.18. The van der Waals surface area contributed by atoms with E-state index in [0.717, 1.165) is 0 Å². The minimum absolute atomic E-state index is 0.148. The van der Waals surface area contributed by atoms with Crippen LogP contribution in [0, 0.1) is 5.92 Å². The highest BCUT2D eigenvalue weighted by atomic mass is 16.8. The number of aliphatic hydroxyl groups is 1. The molecule has 3 rings (SSSR count). The van der Waals surface area contributed by atoms with Gasteiger partial charge in [0, 0.05) is 0 Å². The number of rotatable bonds is 1. The molecule has 0 bridgehead atoms. The summed E-state index contributed by atoms with van der Waals surface area (Å²) in [5.41, 5.74) is 0. The summed E-state index contributed by atoms with van der Waals surface area (Å²) in [7, 11) is 1.29. The van der Waals surface area contributed by atoms with Gasteiger partial charge in [-0.3, -0.25) is 9.63 Å². The highest BCUT2D eigenvalue weighted by Gasteiger charge is 2.62. The number of hydroxylamine groups is 2. The second-order valence-corrected chi connectivity index (χ2v) is 5.27. The average Bonchev–Trinajstić information content (AvgIpc) is 2.83. The van der Waals surface area contributed by atoms with Crippen LogP contribution in [0.3, 0.4) is 0 Å². The third kappa shape index (κ3) is 1.66. The van der Waals surface area contributed by atoms with Gasteiger partial charge < -0.3 is 19.3 Å². The lowest BCUT2D eigenvalue weighted by atomic mass is 9.96. The molecule has 3 saturated heterocycles. The molecule has 7 heteroatoms. The van der Waals surface area contributed by atoms with Gasteiger partial charge in [0.2, 0.25) is 0 Å². The van der Waals surface area contributed by atoms with E-state index in [4.69, 9.17) is 19.0 Å². The standard InChI is InChI=1S/C11H17NO6/c1-11(2)16-5-4-12-7(8(5)17-11)6(9(13)15-3)10(14)18-12/h5-8,10,14H,4H2,1-3H3/t5-,6-,7-,8+,10+/m0/s1. The van der Waals surface area contributed by atoms with Crippen LogP contribution in [0.4, 0.5) is 0 Å². The Morgan fingerprint density at radius 1 is 1.44 bits per heavy atom. The van der Waals surface area contributed by atoms with Crippen LogP contribution in [0.25, 0.3) is 0 Å². The number of methoxy groups -OCH3 is 1. The lowest BCUT2D eigenvalue weighted by molar-refractivity contribution is -0.237. The van der Waals surface area contributed by atoms with Crippen LogP contribution in [-0.4, -0.2) is 60.1 Å². The van der Waals surface area contributed by atoms with Crippen LogP contribution in [-0.2, 0) is 23.8 Å². The van der Waals surface area contributed by atoms with Gasteiger partial charge in [-0.15, -0.1) is 0 Å². The van der Waals surface area contributed by atoms with Gasteiger partial charge in [0.15, 0.2) is 12.1 Å². The van der Waals surface area contributed by atoms with Crippen molar-refractivity contribution in [3.05, 3.63) is 0 Å². The lowest BCUT2D eigenvalue weighted by Gasteiger charge is -2.24. The van der Waals surface area contributed by atoms with Crippen molar-refractivity contribution in [2.24, 2.45) is 5.92 Å². The monoisotopic (exact) mass is 259 g/mol. The molecule has 3 aliphatic rings. The highest BCUT2D eigenvalue weighted by Crippen LogP contribution is 2.43. The van der Waals surface area contributed by atoms with Gasteiger partial charge in [-0.2, -0.15) is 5.06 Å². The summed E-state index contributed by atoms with van der Waals surface area (Å²) in [5.74, 6) is -1.93. The van der Waals surface area contributed by atoms with Crippen LogP contribution in [0.15, 0.2) is 0 Å². The quantitative estimate of drug-likeness (QED) is 0.620. The molecule has 0 spiro atoms. The van der Waals surface area contributed by atoms with Crippen LogP contribution in [0.1, 0.15) is 13.8 Å². The fraction of sp³-hybridized carbons (Fsp3) is 0.909. The Labute approximate surface area is 104 Å². The van der Waals surface area contributed by atoms with Gasteiger partial charge in [-0.1, -0.05) is 0 Å². The maximum Gasteiger partial charge on any atom is 0.315 e. The molecule has 0 aromatic rings. The second-order valence-electron chi connectivity index (χ2n) is 5.27. The molecule has 0 aromatic carbocycles. The normalized spacial score (nSPS) is 45.9. The van der Waals surface area contributed by atoms with Crippen LogP contribution in [0.2, 0.25) is 0 Å². The van der Waals surface area contributed by atoms with Crippen molar-refractivity contribution in [3.8, 4) is 0 Å². The highest BCUT2D eigenvalue weighted by molar-refractivity contribution is 5.74. The molecule has 0 radical (unpaired) electrons. The van der Waals surface area contributed by atoms with E-state index in [9.17, 15) is 9.90 Å². The van der Waals surface area contributed by atoms with Crippen molar-refractivity contribution in [2.45, 2.75) is 44.2 Å². The largest absolute Gasteiger partial charge is 0.469 e. The van der Waals surface area contributed by atoms with Crippen molar-refractivity contribution >= 4 is 5.97 Å². The maximum absolute atomic E-state index is 11.7. The van der Waals surface area contributed by atoms with E-state index >= 15 is 0 Å². The maximum atomic E-state index is 11.7.